The molecule has 1 saturated heterocycles. The monoisotopic (exact) mass is 424 g/mol. The van der Waals surface area contributed by atoms with Crippen molar-refractivity contribution in [1.82, 2.24) is 15.3 Å². The highest BCUT2D eigenvalue weighted by Gasteiger charge is 2.21. The number of hydrogen-bond donors (Lipinski definition) is 3. The molecule has 0 spiro atoms. The Morgan fingerprint density at radius 3 is 2.81 bits per heavy atom. The van der Waals surface area contributed by atoms with E-state index in [2.05, 4.69) is 20.2 Å². The Morgan fingerprint density at radius 2 is 2.03 bits per heavy atom. The predicted octanol–water partition coefficient (Wildman–Crippen LogP) is 0.896. The van der Waals surface area contributed by atoms with Gasteiger partial charge in [0.15, 0.2) is 0 Å². The van der Waals surface area contributed by atoms with Gasteiger partial charge in [0.2, 0.25) is 0 Å². The van der Waals surface area contributed by atoms with Gasteiger partial charge in [-0.2, -0.15) is 0 Å². The van der Waals surface area contributed by atoms with E-state index in [1.807, 2.05) is 19.1 Å². The summed E-state index contributed by atoms with van der Waals surface area (Å²) in [5.74, 6) is -0.547. The number of carbonyl (C=O) groups is 1. The van der Waals surface area contributed by atoms with E-state index in [4.69, 9.17) is 0 Å². The molecule has 1 aliphatic heterocycles. The van der Waals surface area contributed by atoms with Crippen molar-refractivity contribution in [2.24, 2.45) is 0 Å². The number of nitrogens with one attached hydrogen (secondary N) is 3. The average molecular weight is 425 g/mol. The number of fused-ring (bicyclic) bond motifs is 1. The van der Waals surface area contributed by atoms with Gasteiger partial charge in [0.1, 0.15) is 11.4 Å². The molecule has 0 aliphatic carbocycles. The lowest BCUT2D eigenvalue weighted by Crippen LogP contribution is -3.15. The predicted molar refractivity (Wildman–Crippen MR) is 118 cm³/mol. The number of aromatic nitrogens is 2. The second kappa shape index (κ2) is 9.26. The first-order valence-corrected chi connectivity index (χ1v) is 10.6. The zero-order valence-electron chi connectivity index (χ0n) is 17.6. The van der Waals surface area contributed by atoms with Crippen LogP contribution in [0.5, 0.6) is 0 Å². The van der Waals surface area contributed by atoms with Crippen LogP contribution in [0.15, 0.2) is 47.4 Å². The molecule has 0 bridgehead atoms. The first-order valence-electron chi connectivity index (χ1n) is 10.6. The first-order chi connectivity index (χ1) is 15.0. The summed E-state index contributed by atoms with van der Waals surface area (Å²) < 4.78 is 14.0. The summed E-state index contributed by atoms with van der Waals surface area (Å²) in [6, 6.07) is 10.2. The maximum Gasteiger partial charge on any atom is 0.261 e. The maximum atomic E-state index is 14.0. The molecule has 0 unspecified atom stereocenters. The minimum Gasteiger partial charge on any atom is -0.358 e. The van der Waals surface area contributed by atoms with Crippen LogP contribution >= 0.6 is 0 Å². The van der Waals surface area contributed by atoms with Gasteiger partial charge >= 0.3 is 0 Å². The molecule has 4 rings (SSSR count). The molecular formula is C23H27FN5O2+. The number of aryl methyl sites for hydroxylation is 1. The van der Waals surface area contributed by atoms with Gasteiger partial charge in [-0.05, 0) is 31.2 Å². The number of piperazine rings is 1. The Bertz CT molecular complexity index is 1140. The molecule has 0 atom stereocenters. The number of aromatic amines is 1. The largest absolute Gasteiger partial charge is 0.358 e. The zero-order chi connectivity index (χ0) is 21.8. The Hall–Kier alpha value is -3.26. The SMILES string of the molecule is Cc1nccc2[nH]c(=O)c(C(=O)NCCC[NH+]3CCN(c4ccccc4F)CC3)cc12. The van der Waals surface area contributed by atoms with Crippen LogP contribution in [-0.2, 0) is 0 Å². The van der Waals surface area contributed by atoms with E-state index in [9.17, 15) is 14.0 Å². The zero-order valence-corrected chi connectivity index (χ0v) is 17.6. The quantitative estimate of drug-likeness (QED) is 0.514. The van der Waals surface area contributed by atoms with Crippen molar-refractivity contribution in [1.29, 1.82) is 0 Å². The maximum absolute atomic E-state index is 14.0. The Labute approximate surface area is 179 Å². The fourth-order valence-electron chi connectivity index (χ4n) is 4.09. The standard InChI is InChI=1S/C23H26FN5O2/c1-16-17-15-18(23(31)27-20(17)7-9-25-16)22(30)26-8-4-10-28-11-13-29(14-12-28)21-6-3-2-5-19(21)24/h2-3,5-7,9,15H,4,8,10-14H2,1H3,(H,26,30)(H,27,31)/p+1. The fraction of sp³-hybridized carbons (Fsp3) is 0.348. The molecule has 0 saturated carbocycles. The third-order valence-electron chi connectivity index (χ3n) is 5.87. The summed E-state index contributed by atoms with van der Waals surface area (Å²) in [7, 11) is 0. The van der Waals surface area contributed by atoms with Crippen LogP contribution in [0.2, 0.25) is 0 Å². The van der Waals surface area contributed by atoms with Crippen molar-refractivity contribution in [3.63, 3.8) is 0 Å². The number of para-hydroxylation sites is 1. The van der Waals surface area contributed by atoms with Crippen LogP contribution in [0.1, 0.15) is 22.5 Å². The summed E-state index contributed by atoms with van der Waals surface area (Å²) in [6.07, 6.45) is 2.44. The van der Waals surface area contributed by atoms with Crippen LogP contribution in [0.4, 0.5) is 10.1 Å². The number of hydrogen-bond acceptors (Lipinski definition) is 4. The van der Waals surface area contributed by atoms with Crippen LogP contribution in [0, 0.1) is 12.7 Å². The molecule has 162 valence electrons. The van der Waals surface area contributed by atoms with E-state index in [0.717, 1.165) is 50.2 Å². The van der Waals surface area contributed by atoms with Gasteiger partial charge in [-0.1, -0.05) is 12.1 Å². The van der Waals surface area contributed by atoms with Gasteiger partial charge in [0.25, 0.3) is 11.5 Å². The third-order valence-corrected chi connectivity index (χ3v) is 5.87. The molecule has 0 radical (unpaired) electrons. The van der Waals surface area contributed by atoms with Crippen molar-refractivity contribution < 1.29 is 14.1 Å². The molecule has 1 aromatic carbocycles. The topological polar surface area (TPSA) is 82.5 Å². The van der Waals surface area contributed by atoms with Gasteiger partial charge in [-0.25, -0.2) is 4.39 Å². The van der Waals surface area contributed by atoms with E-state index in [0.29, 0.717) is 17.7 Å². The third kappa shape index (κ3) is 4.74. The van der Waals surface area contributed by atoms with E-state index < -0.39 is 5.56 Å². The minimum absolute atomic E-state index is 0.106. The average Bonchev–Trinajstić information content (AvgIpc) is 2.77. The normalized spacial score (nSPS) is 14.7. The van der Waals surface area contributed by atoms with Crippen LogP contribution in [-0.4, -0.2) is 55.1 Å². The van der Waals surface area contributed by atoms with E-state index in [1.54, 1.807) is 24.4 Å². The molecule has 3 N–H and O–H groups in total. The minimum atomic E-state index is -0.398. The molecular weight excluding hydrogens is 397 g/mol. The number of halogens is 1. The van der Waals surface area contributed by atoms with Crippen molar-refractivity contribution in [2.75, 3.05) is 44.2 Å². The van der Waals surface area contributed by atoms with Crippen LogP contribution in [0.3, 0.4) is 0 Å². The molecule has 1 fully saturated rings. The molecule has 8 heteroatoms. The number of quaternary nitrogens is 1. The first kappa shape index (κ1) is 21.0. The number of carbonyl (C=O) groups excluding carboxylic acids is 1. The second-order valence-electron chi connectivity index (χ2n) is 7.92. The second-order valence-corrected chi connectivity index (χ2v) is 7.92. The van der Waals surface area contributed by atoms with Crippen LogP contribution < -0.4 is 20.7 Å². The number of rotatable bonds is 6. The van der Waals surface area contributed by atoms with Crippen molar-refractivity contribution in [3.8, 4) is 0 Å². The molecule has 31 heavy (non-hydrogen) atoms. The molecule has 3 heterocycles. The lowest BCUT2D eigenvalue weighted by Gasteiger charge is -2.33. The van der Waals surface area contributed by atoms with E-state index in [1.165, 1.54) is 11.0 Å². The Kier molecular flexibility index (Phi) is 6.27. The molecule has 3 aromatic rings. The summed E-state index contributed by atoms with van der Waals surface area (Å²) in [4.78, 5) is 35.3. The Balaban J connectivity index is 1.25. The highest BCUT2D eigenvalue weighted by atomic mass is 19.1. The highest BCUT2D eigenvalue weighted by molar-refractivity contribution is 5.97. The summed E-state index contributed by atoms with van der Waals surface area (Å²) in [6.45, 7) is 6.74. The fourth-order valence-corrected chi connectivity index (χ4v) is 4.09. The molecule has 1 amide bonds. The number of pyridine rings is 2. The van der Waals surface area contributed by atoms with Crippen molar-refractivity contribution in [3.05, 3.63) is 70.0 Å². The van der Waals surface area contributed by atoms with E-state index >= 15 is 0 Å². The molecule has 7 nitrogen and oxygen atoms in total. The van der Waals surface area contributed by atoms with Crippen molar-refractivity contribution >= 4 is 22.5 Å². The number of benzene rings is 1. The number of nitrogens with zero attached hydrogens (tertiary/aromatic N) is 2. The van der Waals surface area contributed by atoms with Crippen molar-refractivity contribution in [2.45, 2.75) is 13.3 Å². The summed E-state index contributed by atoms with van der Waals surface area (Å²) in [5.41, 5.74) is 1.81. The smallest absolute Gasteiger partial charge is 0.261 e. The van der Waals surface area contributed by atoms with Gasteiger partial charge in [0.05, 0.1) is 43.9 Å². The lowest BCUT2D eigenvalue weighted by molar-refractivity contribution is -0.900. The van der Waals surface area contributed by atoms with Gasteiger partial charge in [-0.15, -0.1) is 0 Å². The van der Waals surface area contributed by atoms with Gasteiger partial charge in [0, 0.05) is 30.2 Å². The number of amides is 1. The Morgan fingerprint density at radius 1 is 1.26 bits per heavy atom. The van der Waals surface area contributed by atoms with E-state index in [-0.39, 0.29) is 17.3 Å². The highest BCUT2D eigenvalue weighted by Crippen LogP contribution is 2.18. The van der Waals surface area contributed by atoms with Crippen LogP contribution in [0.25, 0.3) is 10.9 Å². The lowest BCUT2D eigenvalue weighted by atomic mass is 10.1. The summed E-state index contributed by atoms with van der Waals surface area (Å²) in [5, 5.41) is 3.62. The van der Waals surface area contributed by atoms with Gasteiger partial charge in [-0.3, -0.25) is 14.6 Å². The number of anilines is 1. The molecule has 2 aromatic heterocycles. The van der Waals surface area contributed by atoms with Gasteiger partial charge < -0.3 is 20.1 Å². The summed E-state index contributed by atoms with van der Waals surface area (Å²) >= 11 is 0. The number of H-pyrrole nitrogens is 1. The molecule has 1 aliphatic rings.